The third-order valence-electron chi connectivity index (χ3n) is 3.14. The SMILES string of the molecule is COCCN(CCOc1ccc(F)cc1)CCc1nn[nH]n1. The highest BCUT2D eigenvalue weighted by atomic mass is 19.1. The van der Waals surface area contributed by atoms with Gasteiger partial charge in [-0.15, -0.1) is 10.2 Å². The van der Waals surface area contributed by atoms with Gasteiger partial charge in [-0.1, -0.05) is 5.21 Å². The standard InChI is InChI=1S/C14H20FN5O2/c1-21-10-8-20(7-6-14-16-18-19-17-14)9-11-22-13-4-2-12(15)3-5-13/h2-5H,6-11H2,1H3,(H,16,17,18,19). The van der Waals surface area contributed by atoms with E-state index in [-0.39, 0.29) is 5.82 Å². The maximum absolute atomic E-state index is 12.8. The first-order chi connectivity index (χ1) is 10.8. The van der Waals surface area contributed by atoms with E-state index in [4.69, 9.17) is 9.47 Å². The fraction of sp³-hybridized carbons (Fsp3) is 0.500. The van der Waals surface area contributed by atoms with Crippen LogP contribution in [0, 0.1) is 5.82 Å². The molecule has 120 valence electrons. The topological polar surface area (TPSA) is 76.2 Å². The van der Waals surface area contributed by atoms with Gasteiger partial charge in [0.05, 0.1) is 6.61 Å². The Labute approximate surface area is 128 Å². The first-order valence-electron chi connectivity index (χ1n) is 7.10. The summed E-state index contributed by atoms with van der Waals surface area (Å²) in [5.74, 6) is 1.07. The fourth-order valence-corrected chi connectivity index (χ4v) is 1.93. The minimum absolute atomic E-state index is 0.269. The van der Waals surface area contributed by atoms with Crippen LogP contribution in [-0.4, -0.2) is 65.5 Å². The molecule has 1 aromatic carbocycles. The highest BCUT2D eigenvalue weighted by molar-refractivity contribution is 5.21. The molecular weight excluding hydrogens is 289 g/mol. The number of rotatable bonds is 10. The molecule has 0 amide bonds. The number of tetrazole rings is 1. The molecule has 7 nitrogen and oxygen atoms in total. The van der Waals surface area contributed by atoms with Crippen molar-refractivity contribution in [2.24, 2.45) is 0 Å². The molecule has 0 bridgehead atoms. The molecule has 1 N–H and O–H groups in total. The summed E-state index contributed by atoms with van der Waals surface area (Å²) in [6.07, 6.45) is 0.705. The van der Waals surface area contributed by atoms with Crippen LogP contribution >= 0.6 is 0 Å². The Bertz CT molecular complexity index is 521. The number of ether oxygens (including phenoxy) is 2. The molecule has 0 unspecified atom stereocenters. The van der Waals surface area contributed by atoms with Crippen molar-refractivity contribution in [3.05, 3.63) is 35.9 Å². The Balaban J connectivity index is 1.74. The van der Waals surface area contributed by atoms with Gasteiger partial charge >= 0.3 is 0 Å². The van der Waals surface area contributed by atoms with E-state index < -0.39 is 0 Å². The van der Waals surface area contributed by atoms with Crippen molar-refractivity contribution in [1.29, 1.82) is 0 Å². The summed E-state index contributed by atoms with van der Waals surface area (Å²) in [5.41, 5.74) is 0. The zero-order valence-electron chi connectivity index (χ0n) is 12.5. The Morgan fingerprint density at radius 1 is 1.14 bits per heavy atom. The maximum Gasteiger partial charge on any atom is 0.175 e. The van der Waals surface area contributed by atoms with Gasteiger partial charge in [0.1, 0.15) is 18.2 Å². The van der Waals surface area contributed by atoms with Crippen LogP contribution in [0.5, 0.6) is 5.75 Å². The second-order valence-corrected chi connectivity index (χ2v) is 4.71. The number of hydrogen-bond acceptors (Lipinski definition) is 6. The van der Waals surface area contributed by atoms with Crippen molar-refractivity contribution >= 4 is 0 Å². The van der Waals surface area contributed by atoms with Gasteiger partial charge in [-0.25, -0.2) is 4.39 Å². The van der Waals surface area contributed by atoms with E-state index in [0.29, 0.717) is 31.2 Å². The number of nitrogens with zero attached hydrogens (tertiary/aromatic N) is 4. The number of aromatic amines is 1. The van der Waals surface area contributed by atoms with E-state index in [9.17, 15) is 4.39 Å². The summed E-state index contributed by atoms with van der Waals surface area (Å²) >= 11 is 0. The fourth-order valence-electron chi connectivity index (χ4n) is 1.93. The number of H-pyrrole nitrogens is 1. The van der Waals surface area contributed by atoms with E-state index >= 15 is 0 Å². The van der Waals surface area contributed by atoms with Crippen molar-refractivity contribution in [1.82, 2.24) is 25.5 Å². The first kappa shape index (κ1) is 16.3. The largest absolute Gasteiger partial charge is 0.492 e. The van der Waals surface area contributed by atoms with E-state index in [1.165, 1.54) is 12.1 Å². The number of hydrogen-bond donors (Lipinski definition) is 1. The predicted molar refractivity (Wildman–Crippen MR) is 78.1 cm³/mol. The van der Waals surface area contributed by atoms with Gasteiger partial charge < -0.3 is 9.47 Å². The quantitative estimate of drug-likeness (QED) is 0.703. The lowest BCUT2D eigenvalue weighted by atomic mass is 10.3. The zero-order valence-corrected chi connectivity index (χ0v) is 12.5. The van der Waals surface area contributed by atoms with Crippen LogP contribution in [-0.2, 0) is 11.2 Å². The lowest BCUT2D eigenvalue weighted by molar-refractivity contribution is 0.135. The van der Waals surface area contributed by atoms with Gasteiger partial charge in [-0.2, -0.15) is 5.21 Å². The van der Waals surface area contributed by atoms with Crippen molar-refractivity contribution < 1.29 is 13.9 Å². The summed E-state index contributed by atoms with van der Waals surface area (Å²) < 4.78 is 23.5. The van der Waals surface area contributed by atoms with E-state index in [2.05, 4.69) is 25.5 Å². The predicted octanol–water partition coefficient (Wildman–Crippen LogP) is 0.909. The minimum atomic E-state index is -0.269. The van der Waals surface area contributed by atoms with Gasteiger partial charge in [0.15, 0.2) is 5.82 Å². The van der Waals surface area contributed by atoms with E-state index in [1.807, 2.05) is 0 Å². The average Bonchev–Trinajstić information content (AvgIpc) is 3.05. The van der Waals surface area contributed by atoms with Gasteiger partial charge in [-0.05, 0) is 24.3 Å². The second-order valence-electron chi connectivity index (χ2n) is 4.71. The lowest BCUT2D eigenvalue weighted by Crippen LogP contribution is -2.33. The molecule has 0 aliphatic rings. The van der Waals surface area contributed by atoms with E-state index in [0.717, 1.165) is 19.6 Å². The molecule has 0 radical (unpaired) electrons. The summed E-state index contributed by atoms with van der Waals surface area (Å²) in [6, 6.07) is 6.00. The van der Waals surface area contributed by atoms with Gasteiger partial charge in [0, 0.05) is 33.2 Å². The zero-order chi connectivity index (χ0) is 15.6. The lowest BCUT2D eigenvalue weighted by Gasteiger charge is -2.21. The highest BCUT2D eigenvalue weighted by Crippen LogP contribution is 2.10. The molecule has 1 aromatic heterocycles. The van der Waals surface area contributed by atoms with Gasteiger partial charge in [0.2, 0.25) is 0 Å². The Kier molecular flexibility index (Phi) is 6.72. The Morgan fingerprint density at radius 3 is 2.59 bits per heavy atom. The summed E-state index contributed by atoms with van der Waals surface area (Å²) in [6.45, 7) is 3.47. The summed E-state index contributed by atoms with van der Waals surface area (Å²) in [7, 11) is 1.67. The Morgan fingerprint density at radius 2 is 1.91 bits per heavy atom. The number of methoxy groups -OCH3 is 1. The van der Waals surface area contributed by atoms with Crippen molar-refractivity contribution in [3.8, 4) is 5.75 Å². The third kappa shape index (κ3) is 5.74. The van der Waals surface area contributed by atoms with E-state index in [1.54, 1.807) is 19.2 Å². The molecule has 0 fully saturated rings. The van der Waals surface area contributed by atoms with Crippen LogP contribution in [0.25, 0.3) is 0 Å². The van der Waals surface area contributed by atoms with Crippen molar-refractivity contribution in [3.63, 3.8) is 0 Å². The molecule has 0 aliphatic heterocycles. The van der Waals surface area contributed by atoms with Gasteiger partial charge in [0.25, 0.3) is 0 Å². The molecule has 0 atom stereocenters. The first-order valence-corrected chi connectivity index (χ1v) is 7.10. The molecule has 2 aromatic rings. The van der Waals surface area contributed by atoms with Crippen LogP contribution in [0.3, 0.4) is 0 Å². The normalized spacial score (nSPS) is 11.0. The molecular formula is C14H20FN5O2. The third-order valence-corrected chi connectivity index (χ3v) is 3.14. The number of benzene rings is 1. The molecule has 2 rings (SSSR count). The molecule has 0 saturated heterocycles. The summed E-state index contributed by atoms with van der Waals surface area (Å²) in [4.78, 5) is 2.20. The van der Waals surface area contributed by atoms with Crippen LogP contribution in [0.1, 0.15) is 5.82 Å². The van der Waals surface area contributed by atoms with Crippen LogP contribution in [0.4, 0.5) is 4.39 Å². The Hall–Kier alpha value is -2.06. The van der Waals surface area contributed by atoms with Crippen molar-refractivity contribution in [2.45, 2.75) is 6.42 Å². The van der Waals surface area contributed by atoms with Crippen LogP contribution < -0.4 is 4.74 Å². The maximum atomic E-state index is 12.8. The number of halogens is 1. The van der Waals surface area contributed by atoms with Crippen LogP contribution in [0.2, 0.25) is 0 Å². The number of aromatic nitrogens is 4. The molecule has 8 heteroatoms. The molecule has 0 saturated carbocycles. The molecule has 0 aliphatic carbocycles. The number of nitrogens with one attached hydrogen (secondary N) is 1. The molecule has 0 spiro atoms. The molecule has 22 heavy (non-hydrogen) atoms. The monoisotopic (exact) mass is 309 g/mol. The highest BCUT2D eigenvalue weighted by Gasteiger charge is 2.07. The average molecular weight is 309 g/mol. The van der Waals surface area contributed by atoms with Gasteiger partial charge in [-0.3, -0.25) is 4.90 Å². The van der Waals surface area contributed by atoms with Crippen LogP contribution in [0.15, 0.2) is 24.3 Å². The summed E-state index contributed by atoms with van der Waals surface area (Å²) in [5, 5.41) is 13.8. The second kappa shape index (κ2) is 9.06. The molecule has 1 heterocycles. The van der Waals surface area contributed by atoms with Crippen molar-refractivity contribution in [2.75, 3.05) is 40.0 Å². The minimum Gasteiger partial charge on any atom is -0.492 e. The smallest absolute Gasteiger partial charge is 0.175 e.